The van der Waals surface area contributed by atoms with E-state index >= 15 is 0 Å². The van der Waals surface area contributed by atoms with Gasteiger partial charge in [0, 0.05) is 6.92 Å². The summed E-state index contributed by atoms with van der Waals surface area (Å²) in [7, 11) is 0. The molecule has 1 aliphatic rings. The summed E-state index contributed by atoms with van der Waals surface area (Å²) in [5, 5.41) is 2.77. The van der Waals surface area contributed by atoms with Crippen LogP contribution in [0, 0.1) is 0 Å². The fourth-order valence-corrected chi connectivity index (χ4v) is 1.90. The number of hydrogen-bond donors (Lipinski definition) is 1. The lowest BCUT2D eigenvalue weighted by Crippen LogP contribution is -2.17. The zero-order valence-electron chi connectivity index (χ0n) is 9.98. The van der Waals surface area contributed by atoms with Crippen LogP contribution in [0.15, 0.2) is 36.4 Å². The van der Waals surface area contributed by atoms with Crippen LogP contribution in [0.1, 0.15) is 26.2 Å². The van der Waals surface area contributed by atoms with Gasteiger partial charge in [0.05, 0.1) is 5.69 Å². The fraction of sp³-hybridized carbons (Fsp3) is 0.357. The zero-order chi connectivity index (χ0) is 12.1. The molecule has 2 rings (SSSR count). The molecule has 0 heterocycles. The molecule has 1 aromatic carbocycles. The van der Waals surface area contributed by atoms with Crippen LogP contribution in [0.25, 0.3) is 0 Å². The Morgan fingerprint density at radius 2 is 2.24 bits per heavy atom. The van der Waals surface area contributed by atoms with E-state index in [1.165, 1.54) is 6.92 Å². The summed E-state index contributed by atoms with van der Waals surface area (Å²) in [6.07, 6.45) is 7.68. The van der Waals surface area contributed by atoms with E-state index in [4.69, 9.17) is 4.74 Å². The quantitative estimate of drug-likeness (QED) is 0.812. The largest absolute Gasteiger partial charge is 0.484 e. The standard InChI is InChI=1S/C14H17NO2/c1-11(16)15-13-9-5-6-10-14(13)17-12-7-3-2-4-8-12/h3,5-7,9-10,12H,2,4,8H2,1H3,(H,15,16). The van der Waals surface area contributed by atoms with E-state index in [1.54, 1.807) is 0 Å². The highest BCUT2D eigenvalue weighted by Gasteiger charge is 2.12. The van der Waals surface area contributed by atoms with Crippen molar-refractivity contribution in [3.8, 4) is 5.75 Å². The first kappa shape index (κ1) is 11.7. The first-order chi connectivity index (χ1) is 8.25. The number of allylic oxidation sites excluding steroid dienone is 1. The number of nitrogens with one attached hydrogen (secondary N) is 1. The second kappa shape index (κ2) is 5.53. The molecule has 1 aliphatic carbocycles. The summed E-state index contributed by atoms with van der Waals surface area (Å²) < 4.78 is 5.89. The topological polar surface area (TPSA) is 38.3 Å². The zero-order valence-corrected chi connectivity index (χ0v) is 9.98. The van der Waals surface area contributed by atoms with E-state index in [9.17, 15) is 4.79 Å². The first-order valence-corrected chi connectivity index (χ1v) is 5.95. The van der Waals surface area contributed by atoms with Gasteiger partial charge in [0.25, 0.3) is 0 Å². The Hall–Kier alpha value is -1.77. The van der Waals surface area contributed by atoms with Crippen LogP contribution in [0.3, 0.4) is 0 Å². The average molecular weight is 231 g/mol. The molecule has 0 fully saturated rings. The monoisotopic (exact) mass is 231 g/mol. The van der Waals surface area contributed by atoms with E-state index in [0.717, 1.165) is 30.7 Å². The molecule has 3 heteroatoms. The highest BCUT2D eigenvalue weighted by molar-refractivity contribution is 5.90. The fourth-order valence-electron chi connectivity index (χ4n) is 1.90. The molecule has 17 heavy (non-hydrogen) atoms. The van der Waals surface area contributed by atoms with Crippen molar-refractivity contribution in [3.63, 3.8) is 0 Å². The van der Waals surface area contributed by atoms with Gasteiger partial charge in [-0.15, -0.1) is 0 Å². The summed E-state index contributed by atoms with van der Waals surface area (Å²) in [5.41, 5.74) is 0.735. The van der Waals surface area contributed by atoms with Crippen molar-refractivity contribution >= 4 is 11.6 Å². The molecule has 0 saturated heterocycles. The minimum Gasteiger partial charge on any atom is -0.484 e. The minimum atomic E-state index is -0.0831. The molecule has 1 aromatic rings. The van der Waals surface area contributed by atoms with Gasteiger partial charge in [0.15, 0.2) is 0 Å². The van der Waals surface area contributed by atoms with Crippen LogP contribution >= 0.6 is 0 Å². The lowest BCUT2D eigenvalue weighted by molar-refractivity contribution is -0.114. The maximum atomic E-state index is 11.1. The highest BCUT2D eigenvalue weighted by Crippen LogP contribution is 2.27. The lowest BCUT2D eigenvalue weighted by atomic mass is 10.1. The third-order valence-electron chi connectivity index (χ3n) is 2.69. The molecule has 0 aliphatic heterocycles. The van der Waals surface area contributed by atoms with Crippen molar-refractivity contribution in [1.82, 2.24) is 0 Å². The van der Waals surface area contributed by atoms with Crippen molar-refractivity contribution in [1.29, 1.82) is 0 Å². The number of amides is 1. The van der Waals surface area contributed by atoms with E-state index in [-0.39, 0.29) is 12.0 Å². The number of hydrogen-bond acceptors (Lipinski definition) is 2. The summed E-state index contributed by atoms with van der Waals surface area (Å²) in [4.78, 5) is 11.1. The maximum Gasteiger partial charge on any atom is 0.221 e. The van der Waals surface area contributed by atoms with Crippen molar-refractivity contribution < 1.29 is 9.53 Å². The smallest absolute Gasteiger partial charge is 0.221 e. The number of para-hydroxylation sites is 2. The van der Waals surface area contributed by atoms with Crippen molar-refractivity contribution in [2.24, 2.45) is 0 Å². The van der Waals surface area contributed by atoms with Crippen LogP contribution in [0.5, 0.6) is 5.75 Å². The molecule has 0 spiro atoms. The second-order valence-electron chi connectivity index (χ2n) is 4.19. The molecule has 0 saturated carbocycles. The van der Waals surface area contributed by atoms with Gasteiger partial charge >= 0.3 is 0 Å². The predicted octanol–water partition coefficient (Wildman–Crippen LogP) is 3.13. The van der Waals surface area contributed by atoms with E-state index in [0.29, 0.717) is 0 Å². The minimum absolute atomic E-state index is 0.0831. The summed E-state index contributed by atoms with van der Waals surface area (Å²) in [6.45, 7) is 1.50. The van der Waals surface area contributed by atoms with Gasteiger partial charge in [-0.05, 0) is 37.5 Å². The molecule has 1 N–H and O–H groups in total. The van der Waals surface area contributed by atoms with Gasteiger partial charge in [-0.1, -0.05) is 18.2 Å². The van der Waals surface area contributed by atoms with Gasteiger partial charge in [0.1, 0.15) is 11.9 Å². The average Bonchev–Trinajstić information content (AvgIpc) is 2.32. The molecule has 0 radical (unpaired) electrons. The number of benzene rings is 1. The number of carbonyl (C=O) groups is 1. The Balaban J connectivity index is 2.11. The van der Waals surface area contributed by atoms with Crippen LogP contribution in [-0.4, -0.2) is 12.0 Å². The van der Waals surface area contributed by atoms with Crippen LogP contribution in [0.4, 0.5) is 5.69 Å². The Morgan fingerprint density at radius 3 is 2.94 bits per heavy atom. The Kier molecular flexibility index (Phi) is 3.81. The lowest BCUT2D eigenvalue weighted by Gasteiger charge is -2.20. The maximum absolute atomic E-state index is 11.1. The third kappa shape index (κ3) is 3.34. The van der Waals surface area contributed by atoms with Gasteiger partial charge in [-0.2, -0.15) is 0 Å². The number of anilines is 1. The molecule has 1 atom stereocenters. The molecular weight excluding hydrogens is 214 g/mol. The van der Waals surface area contributed by atoms with Crippen molar-refractivity contribution in [3.05, 3.63) is 36.4 Å². The molecule has 3 nitrogen and oxygen atoms in total. The second-order valence-corrected chi connectivity index (χ2v) is 4.19. The molecular formula is C14H17NO2. The Labute approximate surface area is 101 Å². The first-order valence-electron chi connectivity index (χ1n) is 5.95. The molecule has 90 valence electrons. The van der Waals surface area contributed by atoms with Gasteiger partial charge < -0.3 is 10.1 Å². The van der Waals surface area contributed by atoms with E-state index in [2.05, 4.69) is 17.5 Å². The predicted molar refractivity (Wildman–Crippen MR) is 68.2 cm³/mol. The number of rotatable bonds is 3. The summed E-state index contributed by atoms with van der Waals surface area (Å²) >= 11 is 0. The number of carbonyl (C=O) groups excluding carboxylic acids is 1. The third-order valence-corrected chi connectivity index (χ3v) is 2.69. The molecule has 0 aromatic heterocycles. The van der Waals surface area contributed by atoms with Gasteiger partial charge in [-0.3, -0.25) is 4.79 Å². The van der Waals surface area contributed by atoms with Crippen LogP contribution in [0.2, 0.25) is 0 Å². The normalized spacial score (nSPS) is 18.8. The molecule has 1 amide bonds. The van der Waals surface area contributed by atoms with Crippen molar-refractivity contribution in [2.45, 2.75) is 32.3 Å². The highest BCUT2D eigenvalue weighted by atomic mass is 16.5. The van der Waals surface area contributed by atoms with Gasteiger partial charge in [0.2, 0.25) is 5.91 Å². The van der Waals surface area contributed by atoms with E-state index < -0.39 is 0 Å². The van der Waals surface area contributed by atoms with Crippen LogP contribution in [-0.2, 0) is 4.79 Å². The van der Waals surface area contributed by atoms with Crippen LogP contribution < -0.4 is 10.1 Å². The molecule has 0 bridgehead atoms. The van der Waals surface area contributed by atoms with Gasteiger partial charge in [-0.25, -0.2) is 0 Å². The van der Waals surface area contributed by atoms with E-state index in [1.807, 2.05) is 24.3 Å². The SMILES string of the molecule is CC(=O)Nc1ccccc1OC1C=CCCC1. The number of ether oxygens (including phenoxy) is 1. The molecule has 1 unspecified atom stereocenters. The van der Waals surface area contributed by atoms with Crippen molar-refractivity contribution in [2.75, 3.05) is 5.32 Å². The Morgan fingerprint density at radius 1 is 1.41 bits per heavy atom. The summed E-state index contributed by atoms with van der Waals surface area (Å²) in [6, 6.07) is 7.53. The Bertz CT molecular complexity index is 426. The summed E-state index contributed by atoms with van der Waals surface area (Å²) in [5.74, 6) is 0.652.